The molecule has 2 fully saturated rings. The molecule has 0 radical (unpaired) electrons. The first-order chi connectivity index (χ1) is 10.8. The summed E-state index contributed by atoms with van der Waals surface area (Å²) >= 11 is 0. The van der Waals surface area contributed by atoms with Gasteiger partial charge in [0.2, 0.25) is 0 Å². The fraction of sp³-hybridized carbons (Fsp3) is 0.667. The smallest absolute Gasteiger partial charge is 0.127 e. The van der Waals surface area contributed by atoms with Gasteiger partial charge in [0.05, 0.1) is 14.2 Å². The van der Waals surface area contributed by atoms with Gasteiger partial charge in [-0.15, -0.1) is 24.8 Å². The van der Waals surface area contributed by atoms with Gasteiger partial charge in [0.25, 0.3) is 0 Å². The number of hydrogen-bond acceptors (Lipinski definition) is 4. The molecule has 0 unspecified atom stereocenters. The Kier molecular flexibility index (Phi) is 9.21. The second-order valence-electron chi connectivity index (χ2n) is 6.38. The largest absolute Gasteiger partial charge is 0.497 e. The Morgan fingerprint density at radius 2 is 1.71 bits per heavy atom. The monoisotopic (exact) mass is 376 g/mol. The Balaban J connectivity index is 0.00000144. The zero-order valence-corrected chi connectivity index (χ0v) is 16.3. The van der Waals surface area contributed by atoms with Crippen LogP contribution in [0.4, 0.5) is 0 Å². The lowest BCUT2D eigenvalue weighted by Gasteiger charge is -2.39. The van der Waals surface area contributed by atoms with Gasteiger partial charge in [0.1, 0.15) is 11.5 Å². The van der Waals surface area contributed by atoms with Crippen molar-refractivity contribution in [1.82, 2.24) is 10.2 Å². The van der Waals surface area contributed by atoms with Crippen molar-refractivity contribution in [2.75, 3.05) is 40.4 Å². The van der Waals surface area contributed by atoms with Crippen molar-refractivity contribution < 1.29 is 9.47 Å². The number of nitrogens with zero attached hydrogens (tertiary/aromatic N) is 1. The molecule has 138 valence electrons. The normalized spacial score (nSPS) is 19.9. The van der Waals surface area contributed by atoms with E-state index in [0.717, 1.165) is 43.6 Å². The van der Waals surface area contributed by atoms with Crippen LogP contribution in [0.15, 0.2) is 18.2 Å². The predicted molar refractivity (Wildman–Crippen MR) is 103 cm³/mol. The lowest BCUT2D eigenvalue weighted by atomic mass is 9.89. The number of ether oxygens (including phenoxy) is 2. The molecule has 1 aliphatic carbocycles. The minimum absolute atomic E-state index is 0. The number of benzene rings is 1. The second-order valence-corrected chi connectivity index (χ2v) is 6.38. The Labute approximate surface area is 158 Å². The third kappa shape index (κ3) is 4.69. The van der Waals surface area contributed by atoms with Crippen molar-refractivity contribution in [2.24, 2.45) is 5.92 Å². The lowest BCUT2D eigenvalue weighted by Crippen LogP contribution is -2.46. The summed E-state index contributed by atoms with van der Waals surface area (Å²) < 4.78 is 11.1. The van der Waals surface area contributed by atoms with E-state index < -0.39 is 0 Å². The van der Waals surface area contributed by atoms with Gasteiger partial charge < -0.3 is 14.8 Å². The molecule has 0 bridgehead atoms. The minimum atomic E-state index is 0. The van der Waals surface area contributed by atoms with Crippen LogP contribution in [0.25, 0.3) is 0 Å². The molecule has 1 aromatic rings. The Morgan fingerprint density at radius 1 is 1.04 bits per heavy atom. The molecule has 6 heteroatoms. The van der Waals surface area contributed by atoms with Crippen LogP contribution < -0.4 is 14.8 Å². The van der Waals surface area contributed by atoms with E-state index in [1.165, 1.54) is 31.2 Å². The summed E-state index contributed by atoms with van der Waals surface area (Å²) in [6.45, 7) is 4.41. The van der Waals surface area contributed by atoms with Crippen molar-refractivity contribution in [3.8, 4) is 11.5 Å². The van der Waals surface area contributed by atoms with Crippen molar-refractivity contribution in [3.63, 3.8) is 0 Å². The van der Waals surface area contributed by atoms with Gasteiger partial charge in [-0.25, -0.2) is 0 Å². The highest BCUT2D eigenvalue weighted by atomic mass is 35.5. The van der Waals surface area contributed by atoms with E-state index in [0.29, 0.717) is 6.04 Å². The van der Waals surface area contributed by atoms with Gasteiger partial charge in [-0.1, -0.05) is 18.9 Å². The van der Waals surface area contributed by atoms with Gasteiger partial charge in [0.15, 0.2) is 0 Å². The van der Waals surface area contributed by atoms with E-state index in [4.69, 9.17) is 9.47 Å². The summed E-state index contributed by atoms with van der Waals surface area (Å²) in [6, 6.07) is 6.79. The maximum Gasteiger partial charge on any atom is 0.127 e. The number of piperazine rings is 1. The summed E-state index contributed by atoms with van der Waals surface area (Å²) in [5.74, 6) is 2.58. The first kappa shape index (κ1) is 21.4. The van der Waals surface area contributed by atoms with Crippen molar-refractivity contribution in [1.29, 1.82) is 0 Å². The van der Waals surface area contributed by atoms with E-state index >= 15 is 0 Å². The topological polar surface area (TPSA) is 33.7 Å². The molecule has 1 saturated heterocycles. The van der Waals surface area contributed by atoms with Crippen molar-refractivity contribution >= 4 is 24.8 Å². The van der Waals surface area contributed by atoms with E-state index in [1.54, 1.807) is 14.2 Å². The van der Waals surface area contributed by atoms with Crippen LogP contribution in [0, 0.1) is 5.92 Å². The molecule has 0 amide bonds. The Bertz CT molecular complexity index is 490. The van der Waals surface area contributed by atoms with Crippen LogP contribution >= 0.6 is 24.8 Å². The van der Waals surface area contributed by atoms with E-state index in [9.17, 15) is 0 Å². The summed E-state index contributed by atoms with van der Waals surface area (Å²) in [5.41, 5.74) is 1.33. The Morgan fingerprint density at radius 3 is 2.29 bits per heavy atom. The van der Waals surface area contributed by atoms with E-state index in [-0.39, 0.29) is 24.8 Å². The highest BCUT2D eigenvalue weighted by Crippen LogP contribution is 2.43. The van der Waals surface area contributed by atoms with Gasteiger partial charge in [-0.05, 0) is 24.8 Å². The molecule has 1 heterocycles. The van der Waals surface area contributed by atoms with Crippen LogP contribution in [0.5, 0.6) is 11.5 Å². The highest BCUT2D eigenvalue weighted by Gasteiger charge is 2.33. The number of halogens is 2. The molecule has 24 heavy (non-hydrogen) atoms. The lowest BCUT2D eigenvalue weighted by molar-refractivity contribution is 0.123. The number of hydrogen-bond donors (Lipinski definition) is 1. The molecule has 3 rings (SSSR count). The summed E-state index contributed by atoms with van der Waals surface area (Å²) in [6.07, 6.45) is 5.41. The summed E-state index contributed by atoms with van der Waals surface area (Å²) in [5, 5.41) is 3.47. The average Bonchev–Trinajstić information content (AvgIpc) is 3.10. The first-order valence-electron chi connectivity index (χ1n) is 8.50. The fourth-order valence-corrected chi connectivity index (χ4v) is 4.04. The maximum atomic E-state index is 5.70. The first-order valence-corrected chi connectivity index (χ1v) is 8.50. The molecule has 1 atom stereocenters. The Hall–Kier alpha value is -0.680. The number of methoxy groups -OCH3 is 2. The van der Waals surface area contributed by atoms with Gasteiger partial charge in [0, 0.05) is 43.9 Å². The summed E-state index contributed by atoms with van der Waals surface area (Å²) in [4.78, 5) is 2.65. The molecule has 1 aromatic carbocycles. The molecule has 1 N–H and O–H groups in total. The second kappa shape index (κ2) is 10.3. The quantitative estimate of drug-likeness (QED) is 0.849. The van der Waals surface area contributed by atoms with E-state index in [1.807, 2.05) is 6.07 Å². The van der Waals surface area contributed by atoms with Gasteiger partial charge >= 0.3 is 0 Å². The number of rotatable bonds is 5. The maximum absolute atomic E-state index is 5.70. The molecule has 0 spiro atoms. The van der Waals surface area contributed by atoms with Crippen LogP contribution in [0.3, 0.4) is 0 Å². The van der Waals surface area contributed by atoms with E-state index in [2.05, 4.69) is 22.3 Å². The number of nitrogens with one attached hydrogen (secondary N) is 1. The standard InChI is InChI=1S/C18H28N2O2.2ClH/c1-21-15-7-8-16(17(13-15)22-2)18(14-5-3-4-6-14)20-11-9-19-10-12-20;;/h7-8,13-14,18-19H,3-6,9-12H2,1-2H3;2*1H/t18-;;/m1../s1. The molecule has 1 aliphatic heterocycles. The minimum Gasteiger partial charge on any atom is -0.497 e. The van der Waals surface area contributed by atoms with Crippen LogP contribution in [-0.2, 0) is 0 Å². The zero-order valence-electron chi connectivity index (χ0n) is 14.6. The molecule has 0 aromatic heterocycles. The average molecular weight is 377 g/mol. The SMILES string of the molecule is COc1ccc([C@@H](C2CCCC2)N2CCNCC2)c(OC)c1.Cl.Cl. The third-order valence-electron chi connectivity index (χ3n) is 5.15. The molecule has 2 aliphatic rings. The van der Waals surface area contributed by atoms with Crippen LogP contribution in [-0.4, -0.2) is 45.3 Å². The zero-order chi connectivity index (χ0) is 15.4. The van der Waals surface area contributed by atoms with Gasteiger partial charge in [-0.2, -0.15) is 0 Å². The summed E-state index contributed by atoms with van der Waals surface area (Å²) in [7, 11) is 3.47. The molecular weight excluding hydrogens is 347 g/mol. The highest BCUT2D eigenvalue weighted by molar-refractivity contribution is 5.85. The van der Waals surface area contributed by atoms with Crippen LogP contribution in [0.2, 0.25) is 0 Å². The van der Waals surface area contributed by atoms with Gasteiger partial charge in [-0.3, -0.25) is 4.90 Å². The van der Waals surface area contributed by atoms with Crippen molar-refractivity contribution in [2.45, 2.75) is 31.7 Å². The predicted octanol–water partition coefficient (Wildman–Crippen LogP) is 3.68. The molecule has 1 saturated carbocycles. The molecule has 4 nitrogen and oxygen atoms in total. The third-order valence-corrected chi connectivity index (χ3v) is 5.15. The fourth-order valence-electron chi connectivity index (χ4n) is 4.04. The molecular formula is C18H30Cl2N2O2. The van der Waals surface area contributed by atoms with Crippen LogP contribution in [0.1, 0.15) is 37.3 Å². The van der Waals surface area contributed by atoms with Crippen molar-refractivity contribution in [3.05, 3.63) is 23.8 Å².